The number of nitrogens with one attached hydrogen (secondary N) is 1. The fourth-order valence-electron chi connectivity index (χ4n) is 3.23. The first-order chi connectivity index (χ1) is 13.1. The SMILES string of the molecule is O=C(O)c1cn(Cc2ccccc2)c2nc(N3CCNCC3)ncc2c1=O. The van der Waals surface area contributed by atoms with Gasteiger partial charge in [-0.05, 0) is 5.56 Å². The highest BCUT2D eigenvalue weighted by Crippen LogP contribution is 2.16. The first-order valence-corrected chi connectivity index (χ1v) is 8.76. The number of aromatic carboxylic acids is 1. The standard InChI is InChI=1S/C19H19N5O3/c25-16-14-10-21-19(23-8-6-20-7-9-23)22-17(14)24(12-15(16)18(26)27)11-13-4-2-1-3-5-13/h1-5,10,12,20H,6-9,11H2,(H,26,27). The summed E-state index contributed by atoms with van der Waals surface area (Å²) < 4.78 is 1.71. The Morgan fingerprint density at radius 2 is 1.93 bits per heavy atom. The summed E-state index contributed by atoms with van der Waals surface area (Å²) in [5.74, 6) is -0.705. The van der Waals surface area contributed by atoms with Crippen molar-refractivity contribution in [2.24, 2.45) is 0 Å². The zero-order valence-electron chi connectivity index (χ0n) is 14.6. The van der Waals surface area contributed by atoms with E-state index in [2.05, 4.69) is 20.2 Å². The van der Waals surface area contributed by atoms with Gasteiger partial charge in [-0.25, -0.2) is 9.78 Å². The number of benzene rings is 1. The lowest BCUT2D eigenvalue weighted by molar-refractivity contribution is 0.0695. The second-order valence-corrected chi connectivity index (χ2v) is 6.43. The van der Waals surface area contributed by atoms with Gasteiger partial charge in [0.05, 0.1) is 5.39 Å². The van der Waals surface area contributed by atoms with Gasteiger partial charge in [-0.15, -0.1) is 0 Å². The molecule has 1 aliphatic heterocycles. The molecule has 1 saturated heterocycles. The van der Waals surface area contributed by atoms with E-state index >= 15 is 0 Å². The van der Waals surface area contributed by atoms with Crippen LogP contribution in [-0.4, -0.2) is 51.8 Å². The largest absolute Gasteiger partial charge is 0.477 e. The number of aromatic nitrogens is 3. The molecule has 2 aromatic heterocycles. The maximum Gasteiger partial charge on any atom is 0.341 e. The van der Waals surface area contributed by atoms with E-state index in [-0.39, 0.29) is 10.9 Å². The predicted octanol–water partition coefficient (Wildman–Crippen LogP) is 0.948. The van der Waals surface area contributed by atoms with E-state index in [4.69, 9.17) is 0 Å². The molecule has 8 nitrogen and oxygen atoms in total. The van der Waals surface area contributed by atoms with Crippen molar-refractivity contribution in [1.82, 2.24) is 19.9 Å². The van der Waals surface area contributed by atoms with Crippen LogP contribution in [0.2, 0.25) is 0 Å². The predicted molar refractivity (Wildman–Crippen MR) is 101 cm³/mol. The van der Waals surface area contributed by atoms with Crippen molar-refractivity contribution < 1.29 is 9.90 Å². The molecule has 4 rings (SSSR count). The number of carbonyl (C=O) groups is 1. The van der Waals surface area contributed by atoms with Crippen LogP contribution in [0.5, 0.6) is 0 Å². The number of pyridine rings is 1. The summed E-state index contributed by atoms with van der Waals surface area (Å²) in [7, 11) is 0. The Balaban J connectivity index is 1.87. The summed E-state index contributed by atoms with van der Waals surface area (Å²) in [5, 5.41) is 12.9. The van der Waals surface area contributed by atoms with Crippen LogP contribution >= 0.6 is 0 Å². The molecule has 3 aromatic rings. The molecule has 0 unspecified atom stereocenters. The Kier molecular flexibility index (Phi) is 4.55. The van der Waals surface area contributed by atoms with Gasteiger partial charge in [-0.3, -0.25) is 4.79 Å². The highest BCUT2D eigenvalue weighted by Gasteiger charge is 2.19. The molecule has 138 valence electrons. The molecular weight excluding hydrogens is 346 g/mol. The average Bonchev–Trinajstić information content (AvgIpc) is 2.71. The second-order valence-electron chi connectivity index (χ2n) is 6.43. The summed E-state index contributed by atoms with van der Waals surface area (Å²) in [6, 6.07) is 9.64. The Morgan fingerprint density at radius 3 is 2.63 bits per heavy atom. The molecule has 1 fully saturated rings. The first-order valence-electron chi connectivity index (χ1n) is 8.76. The minimum atomic E-state index is -1.25. The van der Waals surface area contributed by atoms with Crippen LogP contribution in [0.1, 0.15) is 15.9 Å². The van der Waals surface area contributed by atoms with Crippen LogP contribution in [0.15, 0.2) is 47.5 Å². The summed E-state index contributed by atoms with van der Waals surface area (Å²) >= 11 is 0. The van der Waals surface area contributed by atoms with E-state index in [0.717, 1.165) is 31.7 Å². The average molecular weight is 365 g/mol. The molecule has 0 amide bonds. The van der Waals surface area contributed by atoms with Crippen molar-refractivity contribution in [3.8, 4) is 0 Å². The fourth-order valence-corrected chi connectivity index (χ4v) is 3.23. The van der Waals surface area contributed by atoms with Crippen LogP contribution in [0.3, 0.4) is 0 Å². The van der Waals surface area contributed by atoms with Crippen molar-refractivity contribution in [1.29, 1.82) is 0 Å². The lowest BCUT2D eigenvalue weighted by Crippen LogP contribution is -2.44. The molecule has 27 heavy (non-hydrogen) atoms. The van der Waals surface area contributed by atoms with Gasteiger partial charge in [-0.1, -0.05) is 30.3 Å². The van der Waals surface area contributed by atoms with E-state index < -0.39 is 11.4 Å². The third-order valence-electron chi connectivity index (χ3n) is 4.63. The summed E-state index contributed by atoms with van der Waals surface area (Å²) in [4.78, 5) is 35.1. The number of nitrogens with zero attached hydrogens (tertiary/aromatic N) is 4. The van der Waals surface area contributed by atoms with Gasteiger partial charge in [-0.2, -0.15) is 4.98 Å². The van der Waals surface area contributed by atoms with Crippen molar-refractivity contribution in [3.63, 3.8) is 0 Å². The zero-order valence-corrected chi connectivity index (χ0v) is 14.6. The van der Waals surface area contributed by atoms with Crippen molar-refractivity contribution >= 4 is 23.0 Å². The van der Waals surface area contributed by atoms with Gasteiger partial charge < -0.3 is 19.9 Å². The topological polar surface area (TPSA) is 100 Å². The van der Waals surface area contributed by atoms with Gasteiger partial charge >= 0.3 is 5.97 Å². The summed E-state index contributed by atoms with van der Waals surface area (Å²) in [5.41, 5.74) is 0.587. The zero-order chi connectivity index (χ0) is 18.8. The van der Waals surface area contributed by atoms with Crippen molar-refractivity contribution in [2.45, 2.75) is 6.54 Å². The highest BCUT2D eigenvalue weighted by molar-refractivity contribution is 5.91. The van der Waals surface area contributed by atoms with Crippen LogP contribution in [-0.2, 0) is 6.54 Å². The molecule has 0 radical (unpaired) electrons. The van der Waals surface area contributed by atoms with Gasteiger partial charge in [0.25, 0.3) is 0 Å². The second kappa shape index (κ2) is 7.16. The van der Waals surface area contributed by atoms with Gasteiger partial charge in [0.2, 0.25) is 11.4 Å². The van der Waals surface area contributed by atoms with Crippen LogP contribution in [0, 0.1) is 0 Å². The van der Waals surface area contributed by atoms with E-state index in [9.17, 15) is 14.7 Å². The molecule has 0 atom stereocenters. The first kappa shape index (κ1) is 17.2. The molecule has 1 aromatic carbocycles. The molecule has 2 N–H and O–H groups in total. The van der Waals surface area contributed by atoms with E-state index in [1.807, 2.05) is 30.3 Å². The lowest BCUT2D eigenvalue weighted by Gasteiger charge is -2.27. The number of carboxylic acids is 1. The van der Waals surface area contributed by atoms with Gasteiger partial charge in [0.1, 0.15) is 11.2 Å². The smallest absolute Gasteiger partial charge is 0.341 e. The molecule has 0 bridgehead atoms. The number of carboxylic acid groups (broad SMARTS) is 1. The van der Waals surface area contributed by atoms with E-state index in [1.165, 1.54) is 12.4 Å². The quantitative estimate of drug-likeness (QED) is 0.710. The molecular formula is C19H19N5O3. The number of hydrogen-bond donors (Lipinski definition) is 2. The molecule has 8 heteroatoms. The molecule has 0 aliphatic carbocycles. The third kappa shape index (κ3) is 3.39. The number of piperazine rings is 1. The van der Waals surface area contributed by atoms with Crippen molar-refractivity contribution in [2.75, 3.05) is 31.1 Å². The van der Waals surface area contributed by atoms with Gasteiger partial charge in [0, 0.05) is 45.1 Å². The monoisotopic (exact) mass is 365 g/mol. The number of hydrogen-bond acceptors (Lipinski definition) is 6. The summed E-state index contributed by atoms with van der Waals surface area (Å²) in [6.45, 7) is 3.66. The number of anilines is 1. The fraction of sp³-hybridized carbons (Fsp3) is 0.263. The molecule has 3 heterocycles. The molecule has 0 saturated carbocycles. The van der Waals surface area contributed by atoms with Crippen LogP contribution in [0.4, 0.5) is 5.95 Å². The highest BCUT2D eigenvalue weighted by atomic mass is 16.4. The Morgan fingerprint density at radius 1 is 1.19 bits per heavy atom. The lowest BCUT2D eigenvalue weighted by atomic mass is 10.2. The van der Waals surface area contributed by atoms with E-state index in [1.54, 1.807) is 4.57 Å². The maximum absolute atomic E-state index is 12.6. The van der Waals surface area contributed by atoms with Crippen LogP contribution < -0.4 is 15.6 Å². The normalized spacial score (nSPS) is 14.4. The summed E-state index contributed by atoms with van der Waals surface area (Å²) in [6.07, 6.45) is 2.81. The number of fused-ring (bicyclic) bond motifs is 1. The minimum Gasteiger partial charge on any atom is -0.477 e. The molecule has 1 aliphatic rings. The Bertz CT molecular complexity index is 1040. The van der Waals surface area contributed by atoms with Crippen molar-refractivity contribution in [3.05, 3.63) is 64.1 Å². The molecule has 0 spiro atoms. The number of rotatable bonds is 4. The maximum atomic E-state index is 12.6. The minimum absolute atomic E-state index is 0.213. The Hall–Kier alpha value is -3.26. The van der Waals surface area contributed by atoms with Crippen LogP contribution in [0.25, 0.3) is 11.0 Å². The third-order valence-corrected chi connectivity index (χ3v) is 4.63. The van der Waals surface area contributed by atoms with Gasteiger partial charge in [0.15, 0.2) is 0 Å². The Labute approximate surface area is 155 Å². The van der Waals surface area contributed by atoms with E-state index in [0.29, 0.717) is 18.1 Å².